The third-order valence-electron chi connectivity index (χ3n) is 3.51. The summed E-state index contributed by atoms with van der Waals surface area (Å²) in [6, 6.07) is 11.3. The highest BCUT2D eigenvalue weighted by molar-refractivity contribution is 8.01. The summed E-state index contributed by atoms with van der Waals surface area (Å²) in [5.74, 6) is 0.931. The standard InChI is InChI=1S/C18H16ClN3O3S2/c1-24-13-8-7-11(16(19)17(13)25-2)9-20-22-15(23)10-26-18-21-12-5-3-4-6-14(12)27-18/h3-9H,10H2,1-2H3,(H,22,23)/b20-9-. The van der Waals surface area contributed by atoms with E-state index in [1.165, 1.54) is 32.2 Å². The number of ether oxygens (including phenoxy) is 2. The minimum absolute atomic E-state index is 0.219. The molecule has 0 aliphatic rings. The van der Waals surface area contributed by atoms with Crippen LogP contribution < -0.4 is 14.9 Å². The summed E-state index contributed by atoms with van der Waals surface area (Å²) in [7, 11) is 3.04. The van der Waals surface area contributed by atoms with Crippen LogP contribution in [0.1, 0.15) is 5.56 Å². The molecule has 0 aliphatic carbocycles. The Morgan fingerprint density at radius 1 is 1.30 bits per heavy atom. The first-order valence-corrected chi connectivity index (χ1v) is 10.0. The molecule has 27 heavy (non-hydrogen) atoms. The van der Waals surface area contributed by atoms with Crippen molar-refractivity contribution in [3.8, 4) is 11.5 Å². The molecule has 0 atom stereocenters. The highest BCUT2D eigenvalue weighted by Crippen LogP contribution is 2.36. The highest BCUT2D eigenvalue weighted by Gasteiger charge is 2.12. The first-order chi connectivity index (χ1) is 13.1. The van der Waals surface area contributed by atoms with Crippen molar-refractivity contribution in [1.29, 1.82) is 0 Å². The fraction of sp³-hybridized carbons (Fsp3) is 0.167. The number of amides is 1. The number of benzene rings is 2. The predicted molar refractivity (Wildman–Crippen MR) is 111 cm³/mol. The third kappa shape index (κ3) is 4.71. The van der Waals surface area contributed by atoms with Crippen molar-refractivity contribution in [2.45, 2.75) is 4.34 Å². The number of thiazole rings is 1. The van der Waals surface area contributed by atoms with Crippen LogP contribution in [0.25, 0.3) is 10.2 Å². The monoisotopic (exact) mass is 421 g/mol. The van der Waals surface area contributed by atoms with E-state index in [2.05, 4.69) is 15.5 Å². The van der Waals surface area contributed by atoms with E-state index in [0.717, 1.165) is 14.6 Å². The molecule has 3 aromatic rings. The second kappa shape index (κ2) is 9.07. The Bertz CT molecular complexity index is 958. The van der Waals surface area contributed by atoms with Crippen LogP contribution in [-0.2, 0) is 4.79 Å². The van der Waals surface area contributed by atoms with Crippen LogP contribution in [-0.4, -0.2) is 37.1 Å². The summed E-state index contributed by atoms with van der Waals surface area (Å²) in [5.41, 5.74) is 4.03. The van der Waals surface area contributed by atoms with E-state index >= 15 is 0 Å². The van der Waals surface area contributed by atoms with Crippen LogP contribution in [0.5, 0.6) is 11.5 Å². The lowest BCUT2D eigenvalue weighted by molar-refractivity contribution is -0.118. The van der Waals surface area contributed by atoms with Gasteiger partial charge in [-0.2, -0.15) is 5.10 Å². The smallest absolute Gasteiger partial charge is 0.250 e. The zero-order valence-corrected chi connectivity index (χ0v) is 17.0. The molecule has 1 heterocycles. The Kier molecular flexibility index (Phi) is 6.54. The third-order valence-corrected chi connectivity index (χ3v) is 6.08. The van der Waals surface area contributed by atoms with Gasteiger partial charge in [-0.15, -0.1) is 11.3 Å². The van der Waals surface area contributed by atoms with Crippen molar-refractivity contribution in [3.05, 3.63) is 47.0 Å². The zero-order valence-electron chi connectivity index (χ0n) is 14.6. The number of aromatic nitrogens is 1. The van der Waals surface area contributed by atoms with Gasteiger partial charge < -0.3 is 9.47 Å². The van der Waals surface area contributed by atoms with E-state index in [1.807, 2.05) is 24.3 Å². The van der Waals surface area contributed by atoms with Gasteiger partial charge in [-0.1, -0.05) is 35.5 Å². The van der Waals surface area contributed by atoms with Crippen LogP contribution in [0.2, 0.25) is 5.02 Å². The van der Waals surface area contributed by atoms with Gasteiger partial charge in [0, 0.05) is 5.56 Å². The number of nitrogens with zero attached hydrogens (tertiary/aromatic N) is 2. The van der Waals surface area contributed by atoms with Gasteiger partial charge in [0.05, 0.1) is 41.4 Å². The van der Waals surface area contributed by atoms with Crippen molar-refractivity contribution < 1.29 is 14.3 Å². The molecule has 140 valence electrons. The fourth-order valence-corrected chi connectivity index (χ4v) is 4.39. The molecule has 0 bridgehead atoms. The van der Waals surface area contributed by atoms with E-state index in [-0.39, 0.29) is 11.7 Å². The summed E-state index contributed by atoms with van der Waals surface area (Å²) < 4.78 is 12.4. The molecule has 0 saturated heterocycles. The minimum Gasteiger partial charge on any atom is -0.493 e. The molecule has 1 amide bonds. The molecule has 0 saturated carbocycles. The SMILES string of the molecule is COc1ccc(/C=N\NC(=O)CSc2nc3ccccc3s2)c(Cl)c1OC. The lowest BCUT2D eigenvalue weighted by atomic mass is 10.2. The number of hydrogen-bond acceptors (Lipinski definition) is 7. The minimum atomic E-state index is -0.230. The predicted octanol–water partition coefficient (Wildman–Crippen LogP) is 4.21. The Labute approximate surface area is 169 Å². The molecular formula is C18H16ClN3O3S2. The topological polar surface area (TPSA) is 72.8 Å². The van der Waals surface area contributed by atoms with Gasteiger partial charge in [0.1, 0.15) is 0 Å². The number of halogens is 1. The normalized spacial score (nSPS) is 11.1. The molecule has 0 radical (unpaired) electrons. The maximum absolute atomic E-state index is 12.0. The average Bonchev–Trinajstić information content (AvgIpc) is 3.10. The number of carbonyl (C=O) groups excluding carboxylic acids is 1. The van der Waals surface area contributed by atoms with Gasteiger partial charge in [0.2, 0.25) is 0 Å². The van der Waals surface area contributed by atoms with Crippen LogP contribution >= 0.6 is 34.7 Å². The number of nitrogens with one attached hydrogen (secondary N) is 1. The second-order valence-corrected chi connectivity index (χ2v) is 7.86. The highest BCUT2D eigenvalue weighted by atomic mass is 35.5. The number of para-hydroxylation sites is 1. The zero-order chi connectivity index (χ0) is 19.2. The maximum Gasteiger partial charge on any atom is 0.250 e. The lowest BCUT2D eigenvalue weighted by Gasteiger charge is -2.10. The Balaban J connectivity index is 1.57. The van der Waals surface area contributed by atoms with Crippen LogP contribution in [0.3, 0.4) is 0 Å². The quantitative estimate of drug-likeness (QED) is 0.351. The molecule has 6 nitrogen and oxygen atoms in total. The van der Waals surface area contributed by atoms with E-state index in [0.29, 0.717) is 22.1 Å². The molecule has 0 aliphatic heterocycles. The van der Waals surface area contributed by atoms with Crippen molar-refractivity contribution >= 4 is 57.0 Å². The van der Waals surface area contributed by atoms with Gasteiger partial charge in [-0.3, -0.25) is 4.79 Å². The van der Waals surface area contributed by atoms with Gasteiger partial charge in [0.25, 0.3) is 5.91 Å². The van der Waals surface area contributed by atoms with E-state index in [1.54, 1.807) is 23.5 Å². The first kappa shape index (κ1) is 19.5. The fourth-order valence-electron chi connectivity index (χ4n) is 2.25. The van der Waals surface area contributed by atoms with Crippen LogP contribution in [0.15, 0.2) is 45.8 Å². The summed E-state index contributed by atoms with van der Waals surface area (Å²) in [4.78, 5) is 16.5. The summed E-state index contributed by atoms with van der Waals surface area (Å²) >= 11 is 9.20. The van der Waals surface area contributed by atoms with Gasteiger partial charge in [0.15, 0.2) is 15.8 Å². The van der Waals surface area contributed by atoms with Crippen molar-refractivity contribution in [2.75, 3.05) is 20.0 Å². The van der Waals surface area contributed by atoms with Gasteiger partial charge in [-0.05, 0) is 24.3 Å². The molecule has 9 heteroatoms. The largest absolute Gasteiger partial charge is 0.493 e. The first-order valence-electron chi connectivity index (χ1n) is 7.83. The number of hydrogen-bond donors (Lipinski definition) is 1. The molecule has 1 N–H and O–H groups in total. The molecule has 3 rings (SSSR count). The lowest BCUT2D eigenvalue weighted by Crippen LogP contribution is -2.19. The maximum atomic E-state index is 12.0. The van der Waals surface area contributed by atoms with E-state index in [9.17, 15) is 4.79 Å². The van der Waals surface area contributed by atoms with Crippen molar-refractivity contribution in [2.24, 2.45) is 5.10 Å². The Morgan fingerprint density at radius 2 is 2.11 bits per heavy atom. The average molecular weight is 422 g/mol. The molecular weight excluding hydrogens is 406 g/mol. The number of fused-ring (bicyclic) bond motifs is 1. The number of hydrazone groups is 1. The second-order valence-electron chi connectivity index (χ2n) is 5.23. The van der Waals surface area contributed by atoms with Crippen LogP contribution in [0, 0.1) is 0 Å². The van der Waals surface area contributed by atoms with Gasteiger partial charge >= 0.3 is 0 Å². The number of rotatable bonds is 7. The number of methoxy groups -OCH3 is 2. The molecule has 0 fully saturated rings. The summed E-state index contributed by atoms with van der Waals surface area (Å²) in [6.45, 7) is 0. The van der Waals surface area contributed by atoms with Crippen LogP contribution in [0.4, 0.5) is 0 Å². The van der Waals surface area contributed by atoms with E-state index < -0.39 is 0 Å². The number of carbonyl (C=O) groups is 1. The Morgan fingerprint density at radius 3 is 2.85 bits per heavy atom. The van der Waals surface area contributed by atoms with Gasteiger partial charge in [-0.25, -0.2) is 10.4 Å². The molecule has 1 aromatic heterocycles. The molecule has 0 unspecified atom stereocenters. The summed E-state index contributed by atoms with van der Waals surface area (Å²) in [5, 5.41) is 4.31. The van der Waals surface area contributed by atoms with Crippen molar-refractivity contribution in [1.82, 2.24) is 10.4 Å². The summed E-state index contributed by atoms with van der Waals surface area (Å²) in [6.07, 6.45) is 1.46. The van der Waals surface area contributed by atoms with E-state index in [4.69, 9.17) is 21.1 Å². The molecule has 2 aromatic carbocycles. The molecule has 0 spiro atoms. The van der Waals surface area contributed by atoms with Crippen molar-refractivity contribution in [3.63, 3.8) is 0 Å². The number of thioether (sulfide) groups is 1. The Hall–Kier alpha value is -2.29.